The number of halogens is 1. The van der Waals surface area contributed by atoms with Crippen LogP contribution >= 0.6 is 11.6 Å². The van der Waals surface area contributed by atoms with Gasteiger partial charge in [0.1, 0.15) is 12.4 Å². The van der Waals surface area contributed by atoms with E-state index in [0.717, 1.165) is 11.1 Å². The minimum Gasteiger partial charge on any atom is -0.487 e. The fourth-order valence-electron chi connectivity index (χ4n) is 1.81. The minimum absolute atomic E-state index is 0.0167. The number of aliphatic hydroxyl groups excluding tert-OH is 1. The van der Waals surface area contributed by atoms with Crippen LogP contribution in [0.5, 0.6) is 5.75 Å². The van der Waals surface area contributed by atoms with Crippen molar-refractivity contribution < 1.29 is 9.84 Å². The molecule has 0 spiro atoms. The van der Waals surface area contributed by atoms with E-state index in [4.69, 9.17) is 21.4 Å². The predicted octanol–water partition coefficient (Wildman–Crippen LogP) is 4.03. The van der Waals surface area contributed by atoms with Crippen LogP contribution in [0.15, 0.2) is 36.4 Å². The molecule has 0 bridgehead atoms. The van der Waals surface area contributed by atoms with E-state index < -0.39 is 0 Å². The highest BCUT2D eigenvalue weighted by Crippen LogP contribution is 2.26. The molecule has 0 unspecified atom stereocenters. The molecule has 3 heteroatoms. The van der Waals surface area contributed by atoms with E-state index in [1.165, 1.54) is 11.1 Å². The van der Waals surface area contributed by atoms with Gasteiger partial charge in [0, 0.05) is 0 Å². The Morgan fingerprint density at radius 2 is 1.74 bits per heavy atom. The van der Waals surface area contributed by atoms with E-state index in [1.54, 1.807) is 12.1 Å². The molecular formula is C16H17ClO2. The Labute approximate surface area is 118 Å². The molecule has 0 radical (unpaired) electrons. The zero-order valence-corrected chi connectivity index (χ0v) is 11.9. The summed E-state index contributed by atoms with van der Waals surface area (Å²) in [7, 11) is 0. The third kappa shape index (κ3) is 3.49. The molecular weight excluding hydrogens is 260 g/mol. The van der Waals surface area contributed by atoms with E-state index in [2.05, 4.69) is 32.0 Å². The first-order valence-corrected chi connectivity index (χ1v) is 6.56. The predicted molar refractivity (Wildman–Crippen MR) is 77.6 cm³/mol. The molecule has 0 saturated carbocycles. The number of hydrogen-bond acceptors (Lipinski definition) is 2. The Morgan fingerprint density at radius 1 is 1.00 bits per heavy atom. The summed E-state index contributed by atoms with van der Waals surface area (Å²) in [6.45, 7) is 4.64. The standard InChI is InChI=1S/C16H17ClO2/c1-11-3-4-14(7-12(11)2)10-19-16-6-5-13(9-18)8-15(16)17/h3-8,18H,9-10H2,1-2H3. The van der Waals surface area contributed by atoms with E-state index in [9.17, 15) is 0 Å². The molecule has 0 atom stereocenters. The quantitative estimate of drug-likeness (QED) is 0.914. The van der Waals surface area contributed by atoms with Crippen LogP contribution in [0.1, 0.15) is 22.3 Å². The Kier molecular flexibility index (Phi) is 4.46. The molecule has 2 aromatic rings. The van der Waals surface area contributed by atoms with Crippen LogP contribution in [-0.4, -0.2) is 5.11 Å². The maximum Gasteiger partial charge on any atom is 0.138 e. The molecule has 2 nitrogen and oxygen atoms in total. The van der Waals surface area contributed by atoms with Crippen LogP contribution in [0.3, 0.4) is 0 Å². The summed E-state index contributed by atoms with van der Waals surface area (Å²) in [5.41, 5.74) is 4.42. The number of benzene rings is 2. The number of rotatable bonds is 4. The lowest BCUT2D eigenvalue weighted by molar-refractivity contribution is 0.281. The lowest BCUT2D eigenvalue weighted by atomic mass is 10.1. The first kappa shape index (κ1) is 13.9. The highest BCUT2D eigenvalue weighted by molar-refractivity contribution is 6.32. The van der Waals surface area contributed by atoms with Crippen molar-refractivity contribution >= 4 is 11.6 Å². The molecule has 2 aromatic carbocycles. The lowest BCUT2D eigenvalue weighted by Gasteiger charge is -2.10. The van der Waals surface area contributed by atoms with E-state index in [1.807, 2.05) is 6.07 Å². The summed E-state index contributed by atoms with van der Waals surface area (Å²) in [6, 6.07) is 11.6. The molecule has 0 aliphatic carbocycles. The van der Waals surface area contributed by atoms with E-state index >= 15 is 0 Å². The van der Waals surface area contributed by atoms with Gasteiger partial charge in [0.05, 0.1) is 11.6 Å². The van der Waals surface area contributed by atoms with Gasteiger partial charge >= 0.3 is 0 Å². The van der Waals surface area contributed by atoms with Crippen molar-refractivity contribution in [1.82, 2.24) is 0 Å². The fraction of sp³-hybridized carbons (Fsp3) is 0.250. The molecule has 0 saturated heterocycles. The van der Waals surface area contributed by atoms with Crippen molar-refractivity contribution in [3.63, 3.8) is 0 Å². The summed E-state index contributed by atoms with van der Waals surface area (Å²) in [4.78, 5) is 0. The van der Waals surface area contributed by atoms with E-state index in [0.29, 0.717) is 17.4 Å². The second-order valence-corrected chi connectivity index (χ2v) is 5.04. The Balaban J connectivity index is 2.07. The molecule has 0 aromatic heterocycles. The Morgan fingerprint density at radius 3 is 2.37 bits per heavy atom. The van der Waals surface area contributed by atoms with Gasteiger partial charge in [-0.25, -0.2) is 0 Å². The first-order chi connectivity index (χ1) is 9.10. The van der Waals surface area contributed by atoms with Crippen LogP contribution in [0, 0.1) is 13.8 Å². The highest BCUT2D eigenvalue weighted by Gasteiger charge is 2.04. The Bertz CT molecular complexity index is 579. The number of ether oxygens (including phenoxy) is 1. The van der Waals surface area contributed by atoms with Gasteiger partial charge in [-0.15, -0.1) is 0 Å². The second kappa shape index (κ2) is 6.09. The van der Waals surface area contributed by atoms with Crippen molar-refractivity contribution in [3.8, 4) is 5.75 Å². The summed E-state index contributed by atoms with van der Waals surface area (Å²) in [5.74, 6) is 0.636. The minimum atomic E-state index is -0.0167. The van der Waals surface area contributed by atoms with Gasteiger partial charge in [0.25, 0.3) is 0 Å². The number of hydrogen-bond donors (Lipinski definition) is 1. The normalized spacial score (nSPS) is 10.5. The average Bonchev–Trinajstić information content (AvgIpc) is 2.41. The van der Waals surface area contributed by atoms with Gasteiger partial charge in [-0.2, -0.15) is 0 Å². The molecule has 1 N–H and O–H groups in total. The molecule has 0 amide bonds. The van der Waals surface area contributed by atoms with Crippen LogP contribution in [0.25, 0.3) is 0 Å². The molecule has 19 heavy (non-hydrogen) atoms. The zero-order valence-electron chi connectivity index (χ0n) is 11.1. The van der Waals surface area contributed by atoms with Crippen LogP contribution in [0.2, 0.25) is 5.02 Å². The van der Waals surface area contributed by atoms with Gasteiger partial charge in [-0.05, 0) is 48.2 Å². The number of aryl methyl sites for hydroxylation is 2. The summed E-state index contributed by atoms with van der Waals surface area (Å²) in [5, 5.41) is 9.54. The van der Waals surface area contributed by atoms with Crippen LogP contribution in [0.4, 0.5) is 0 Å². The van der Waals surface area contributed by atoms with Crippen molar-refractivity contribution in [2.45, 2.75) is 27.1 Å². The first-order valence-electron chi connectivity index (χ1n) is 6.18. The van der Waals surface area contributed by atoms with Crippen molar-refractivity contribution in [3.05, 3.63) is 63.7 Å². The monoisotopic (exact) mass is 276 g/mol. The molecule has 0 aliphatic rings. The van der Waals surface area contributed by atoms with E-state index in [-0.39, 0.29) is 6.61 Å². The molecule has 0 aliphatic heterocycles. The Hall–Kier alpha value is -1.51. The zero-order chi connectivity index (χ0) is 13.8. The largest absolute Gasteiger partial charge is 0.487 e. The van der Waals surface area contributed by atoms with Gasteiger partial charge in [0.15, 0.2) is 0 Å². The third-order valence-electron chi connectivity index (χ3n) is 3.14. The van der Waals surface area contributed by atoms with Gasteiger partial charge in [-0.3, -0.25) is 0 Å². The highest BCUT2D eigenvalue weighted by atomic mass is 35.5. The van der Waals surface area contributed by atoms with Crippen molar-refractivity contribution in [1.29, 1.82) is 0 Å². The smallest absolute Gasteiger partial charge is 0.138 e. The fourth-order valence-corrected chi connectivity index (χ4v) is 2.07. The van der Waals surface area contributed by atoms with Gasteiger partial charge < -0.3 is 9.84 Å². The maximum absolute atomic E-state index is 9.02. The second-order valence-electron chi connectivity index (χ2n) is 4.63. The molecule has 100 valence electrons. The molecule has 0 heterocycles. The van der Waals surface area contributed by atoms with Crippen molar-refractivity contribution in [2.24, 2.45) is 0 Å². The lowest BCUT2D eigenvalue weighted by Crippen LogP contribution is -1.97. The number of aliphatic hydroxyl groups is 1. The average molecular weight is 277 g/mol. The summed E-state index contributed by atoms with van der Waals surface area (Å²) < 4.78 is 5.70. The van der Waals surface area contributed by atoms with Crippen LogP contribution < -0.4 is 4.74 Å². The molecule has 0 fully saturated rings. The summed E-state index contributed by atoms with van der Waals surface area (Å²) in [6.07, 6.45) is 0. The third-order valence-corrected chi connectivity index (χ3v) is 3.44. The van der Waals surface area contributed by atoms with Crippen LogP contribution in [-0.2, 0) is 13.2 Å². The van der Waals surface area contributed by atoms with Gasteiger partial charge in [-0.1, -0.05) is 35.9 Å². The summed E-state index contributed by atoms with van der Waals surface area (Å²) >= 11 is 6.09. The maximum atomic E-state index is 9.02. The molecule has 2 rings (SSSR count). The van der Waals surface area contributed by atoms with Crippen molar-refractivity contribution in [2.75, 3.05) is 0 Å². The topological polar surface area (TPSA) is 29.5 Å². The van der Waals surface area contributed by atoms with Gasteiger partial charge in [0.2, 0.25) is 0 Å². The SMILES string of the molecule is Cc1ccc(COc2ccc(CO)cc2Cl)cc1C.